The average Bonchev–Trinajstić information content (AvgIpc) is 3.29. The van der Waals surface area contributed by atoms with Crippen molar-refractivity contribution in [1.82, 2.24) is 19.7 Å². The molecule has 0 bridgehead atoms. The molecule has 3 aromatic rings. The van der Waals surface area contributed by atoms with Gasteiger partial charge in [-0.2, -0.15) is 0 Å². The molecule has 1 aliphatic rings. The molecule has 2 aromatic heterocycles. The molecule has 0 atom stereocenters. The van der Waals surface area contributed by atoms with Gasteiger partial charge in [0.05, 0.1) is 17.8 Å². The van der Waals surface area contributed by atoms with Crippen LogP contribution in [0.3, 0.4) is 0 Å². The molecule has 0 aliphatic heterocycles. The van der Waals surface area contributed by atoms with Crippen LogP contribution in [0.4, 0.5) is 10.2 Å². The monoisotopic (exact) mass is 323 g/mol. The summed E-state index contributed by atoms with van der Waals surface area (Å²) >= 11 is 0. The maximum Gasteiger partial charge on any atom is 0.236 e. The van der Waals surface area contributed by atoms with Crippen LogP contribution in [0.1, 0.15) is 18.4 Å². The van der Waals surface area contributed by atoms with Crippen LogP contribution >= 0.6 is 0 Å². The molecule has 0 saturated heterocycles. The van der Waals surface area contributed by atoms with E-state index < -0.39 is 5.41 Å². The fraction of sp³-hybridized carbons (Fsp3) is 0.176. The van der Waals surface area contributed by atoms with Crippen molar-refractivity contribution < 1.29 is 9.18 Å². The van der Waals surface area contributed by atoms with Gasteiger partial charge in [-0.15, -0.1) is 5.10 Å². The number of carbonyl (C=O) groups excluding carboxylic acids is 1. The van der Waals surface area contributed by atoms with Crippen LogP contribution in [-0.2, 0) is 10.2 Å². The van der Waals surface area contributed by atoms with E-state index in [4.69, 9.17) is 0 Å². The van der Waals surface area contributed by atoms with Gasteiger partial charge >= 0.3 is 0 Å². The Kier molecular flexibility index (Phi) is 3.34. The zero-order valence-electron chi connectivity index (χ0n) is 12.7. The zero-order valence-corrected chi connectivity index (χ0v) is 12.7. The molecular weight excluding hydrogens is 309 g/mol. The standard InChI is InChI=1S/C17H14FN5O/c18-14-4-2-1-3-13(14)17(6-7-17)16(24)21-15-5-8-23(22-15)12-9-19-11-20-10-12/h1-5,8-11H,6-7H2,(H,21,22,24). The van der Waals surface area contributed by atoms with Gasteiger partial charge in [0.15, 0.2) is 5.82 Å². The molecule has 1 fully saturated rings. The first-order valence-corrected chi connectivity index (χ1v) is 7.57. The Morgan fingerprint density at radius 1 is 1.17 bits per heavy atom. The molecule has 6 nitrogen and oxygen atoms in total. The summed E-state index contributed by atoms with van der Waals surface area (Å²) in [5, 5.41) is 7.07. The SMILES string of the molecule is O=C(Nc1ccn(-c2cncnc2)n1)C1(c2ccccc2F)CC1. The van der Waals surface area contributed by atoms with Crippen LogP contribution in [0.2, 0.25) is 0 Å². The summed E-state index contributed by atoms with van der Waals surface area (Å²) in [5.74, 6) is -0.175. The number of benzene rings is 1. The number of hydrogen-bond acceptors (Lipinski definition) is 4. The minimum atomic E-state index is -0.787. The number of amides is 1. The lowest BCUT2D eigenvalue weighted by atomic mass is 9.94. The van der Waals surface area contributed by atoms with Gasteiger partial charge in [-0.25, -0.2) is 19.0 Å². The fourth-order valence-corrected chi connectivity index (χ4v) is 2.77. The van der Waals surface area contributed by atoms with Crippen molar-refractivity contribution in [2.75, 3.05) is 5.32 Å². The maximum atomic E-state index is 14.0. The quantitative estimate of drug-likeness (QED) is 0.800. The first-order chi connectivity index (χ1) is 11.7. The van der Waals surface area contributed by atoms with Gasteiger partial charge in [-0.3, -0.25) is 4.79 Å². The van der Waals surface area contributed by atoms with Gasteiger partial charge in [-0.1, -0.05) is 18.2 Å². The number of hydrogen-bond donors (Lipinski definition) is 1. The smallest absolute Gasteiger partial charge is 0.236 e. The van der Waals surface area contributed by atoms with E-state index in [1.165, 1.54) is 12.4 Å². The van der Waals surface area contributed by atoms with Crippen LogP contribution in [-0.4, -0.2) is 25.7 Å². The highest BCUT2D eigenvalue weighted by Gasteiger charge is 2.52. The Balaban J connectivity index is 1.55. The first kappa shape index (κ1) is 14.5. The number of nitrogens with one attached hydrogen (secondary N) is 1. The Morgan fingerprint density at radius 3 is 2.62 bits per heavy atom. The molecule has 1 aromatic carbocycles. The van der Waals surface area contributed by atoms with Gasteiger partial charge < -0.3 is 5.32 Å². The largest absolute Gasteiger partial charge is 0.308 e. The van der Waals surface area contributed by atoms with Crippen molar-refractivity contribution >= 4 is 11.7 Å². The van der Waals surface area contributed by atoms with E-state index in [1.807, 2.05) is 0 Å². The lowest BCUT2D eigenvalue weighted by Gasteiger charge is -2.15. The topological polar surface area (TPSA) is 72.7 Å². The van der Waals surface area contributed by atoms with Crippen LogP contribution in [0.5, 0.6) is 0 Å². The van der Waals surface area contributed by atoms with Crippen molar-refractivity contribution in [2.45, 2.75) is 18.3 Å². The summed E-state index contributed by atoms with van der Waals surface area (Å²) in [5.41, 5.74) is 0.344. The maximum absolute atomic E-state index is 14.0. The van der Waals surface area contributed by atoms with E-state index in [2.05, 4.69) is 20.4 Å². The normalized spacial score (nSPS) is 15.0. The molecule has 7 heteroatoms. The molecule has 1 amide bonds. The average molecular weight is 323 g/mol. The molecule has 4 rings (SSSR count). The van der Waals surface area contributed by atoms with Crippen molar-refractivity contribution in [3.8, 4) is 5.69 Å². The number of aromatic nitrogens is 4. The second kappa shape index (κ2) is 5.52. The summed E-state index contributed by atoms with van der Waals surface area (Å²) in [4.78, 5) is 20.5. The number of carbonyl (C=O) groups is 1. The molecule has 0 radical (unpaired) electrons. The summed E-state index contributed by atoms with van der Waals surface area (Å²) in [6.07, 6.45) is 7.64. The second-order valence-corrected chi connectivity index (χ2v) is 5.76. The fourth-order valence-electron chi connectivity index (χ4n) is 2.77. The van der Waals surface area contributed by atoms with E-state index in [1.54, 1.807) is 47.5 Å². The molecule has 0 spiro atoms. The Hall–Kier alpha value is -3.09. The highest BCUT2D eigenvalue weighted by Crippen LogP contribution is 2.49. The molecule has 0 unspecified atom stereocenters. The van der Waals surface area contributed by atoms with Crippen LogP contribution < -0.4 is 5.32 Å². The third-order valence-corrected chi connectivity index (χ3v) is 4.22. The van der Waals surface area contributed by atoms with Crippen molar-refractivity contribution in [1.29, 1.82) is 0 Å². The van der Waals surface area contributed by atoms with Crippen LogP contribution in [0.15, 0.2) is 55.2 Å². The minimum absolute atomic E-state index is 0.234. The zero-order chi connectivity index (χ0) is 16.6. The molecular formula is C17H14FN5O. The molecule has 120 valence electrons. The highest BCUT2D eigenvalue weighted by molar-refractivity contribution is 6.00. The lowest BCUT2D eigenvalue weighted by Crippen LogP contribution is -2.29. The molecule has 1 N–H and O–H groups in total. The highest BCUT2D eigenvalue weighted by atomic mass is 19.1. The van der Waals surface area contributed by atoms with E-state index in [0.29, 0.717) is 29.9 Å². The van der Waals surface area contributed by atoms with Crippen molar-refractivity contribution in [3.05, 3.63) is 66.6 Å². The van der Waals surface area contributed by atoms with E-state index in [0.717, 1.165) is 0 Å². The second-order valence-electron chi connectivity index (χ2n) is 5.76. The summed E-state index contributed by atoms with van der Waals surface area (Å²) in [6, 6.07) is 8.10. The molecule has 1 aliphatic carbocycles. The van der Waals surface area contributed by atoms with Gasteiger partial charge in [0.2, 0.25) is 5.91 Å². The van der Waals surface area contributed by atoms with E-state index in [-0.39, 0.29) is 11.7 Å². The van der Waals surface area contributed by atoms with Gasteiger partial charge in [0.1, 0.15) is 17.8 Å². The Labute approximate surface area is 137 Å². The molecule has 1 saturated carbocycles. The lowest BCUT2D eigenvalue weighted by molar-refractivity contribution is -0.118. The van der Waals surface area contributed by atoms with Gasteiger partial charge in [-0.05, 0) is 18.9 Å². The number of halogens is 1. The number of anilines is 1. The van der Waals surface area contributed by atoms with Gasteiger partial charge in [0, 0.05) is 17.8 Å². The predicted octanol–water partition coefficient (Wildman–Crippen LogP) is 2.47. The Bertz CT molecular complexity index is 889. The molecule has 24 heavy (non-hydrogen) atoms. The summed E-state index contributed by atoms with van der Waals surface area (Å²) < 4.78 is 15.6. The van der Waals surface area contributed by atoms with Gasteiger partial charge in [0.25, 0.3) is 0 Å². The third-order valence-electron chi connectivity index (χ3n) is 4.22. The van der Waals surface area contributed by atoms with E-state index in [9.17, 15) is 9.18 Å². The van der Waals surface area contributed by atoms with Crippen molar-refractivity contribution in [3.63, 3.8) is 0 Å². The van der Waals surface area contributed by atoms with Crippen molar-refractivity contribution in [2.24, 2.45) is 0 Å². The Morgan fingerprint density at radius 2 is 1.92 bits per heavy atom. The summed E-state index contributed by atoms with van der Waals surface area (Å²) in [6.45, 7) is 0. The first-order valence-electron chi connectivity index (χ1n) is 7.57. The molecule has 2 heterocycles. The minimum Gasteiger partial charge on any atom is -0.308 e. The number of rotatable bonds is 4. The van der Waals surface area contributed by atoms with E-state index >= 15 is 0 Å². The third kappa shape index (κ3) is 2.44. The predicted molar refractivity (Wildman–Crippen MR) is 85.1 cm³/mol. The van der Waals surface area contributed by atoms with Crippen LogP contribution in [0, 0.1) is 5.82 Å². The summed E-state index contributed by atoms with van der Waals surface area (Å²) in [7, 11) is 0. The van der Waals surface area contributed by atoms with Crippen LogP contribution in [0.25, 0.3) is 5.69 Å². The number of nitrogens with zero attached hydrogens (tertiary/aromatic N) is 4.